The molecule has 0 amide bonds. The van der Waals surface area contributed by atoms with Gasteiger partial charge in [-0.05, 0) is 24.3 Å². The highest BCUT2D eigenvalue weighted by molar-refractivity contribution is 5.88. The molecule has 126 valence electrons. The highest BCUT2D eigenvalue weighted by atomic mass is 19.2. The van der Waals surface area contributed by atoms with Gasteiger partial charge in [0.05, 0.1) is 11.3 Å². The van der Waals surface area contributed by atoms with Crippen molar-refractivity contribution < 1.29 is 22.3 Å². The zero-order chi connectivity index (χ0) is 18.0. The molecule has 2 heterocycles. The molecule has 2 aromatic rings. The van der Waals surface area contributed by atoms with Gasteiger partial charge in [0.2, 0.25) is 11.6 Å². The summed E-state index contributed by atoms with van der Waals surface area (Å²) >= 11 is 0. The van der Waals surface area contributed by atoms with Crippen LogP contribution in [-0.4, -0.2) is 17.8 Å². The van der Waals surface area contributed by atoms with E-state index in [0.717, 1.165) is 0 Å². The molecule has 3 nitrogen and oxygen atoms in total. The second-order valence-electron chi connectivity index (χ2n) is 4.93. The lowest BCUT2D eigenvalue weighted by Crippen LogP contribution is -2.09. The SMILES string of the molecule is C#CCOc1c(F)c(F)c(/C(=C2\C=CC=N2)c2ccc[nH]2)c(F)c1F. The van der Waals surface area contributed by atoms with Crippen molar-refractivity contribution >= 4 is 11.8 Å². The van der Waals surface area contributed by atoms with Crippen LogP contribution in [-0.2, 0) is 0 Å². The first kappa shape index (κ1) is 16.6. The molecule has 0 fully saturated rings. The van der Waals surface area contributed by atoms with Gasteiger partial charge in [-0.15, -0.1) is 6.42 Å². The maximum atomic E-state index is 14.6. The summed E-state index contributed by atoms with van der Waals surface area (Å²) in [4.78, 5) is 6.72. The van der Waals surface area contributed by atoms with Gasteiger partial charge in [-0.25, -0.2) is 8.78 Å². The molecule has 0 radical (unpaired) electrons. The highest BCUT2D eigenvalue weighted by Gasteiger charge is 2.30. The number of hydrogen-bond acceptors (Lipinski definition) is 2. The van der Waals surface area contributed by atoms with Gasteiger partial charge in [-0.1, -0.05) is 5.92 Å². The van der Waals surface area contributed by atoms with Crippen LogP contribution in [0.2, 0.25) is 0 Å². The first-order valence-electron chi connectivity index (χ1n) is 7.07. The van der Waals surface area contributed by atoms with Gasteiger partial charge in [0, 0.05) is 23.7 Å². The average Bonchev–Trinajstić information content (AvgIpc) is 3.31. The summed E-state index contributed by atoms with van der Waals surface area (Å²) in [5, 5.41) is 0. The molecule has 7 heteroatoms. The summed E-state index contributed by atoms with van der Waals surface area (Å²) in [6.45, 7) is -0.538. The number of nitrogens with one attached hydrogen (secondary N) is 1. The molecular formula is C18H10F4N2O. The topological polar surface area (TPSA) is 37.4 Å². The summed E-state index contributed by atoms with van der Waals surface area (Å²) in [6.07, 6.45) is 10.8. The number of nitrogens with zero attached hydrogens (tertiary/aromatic N) is 1. The number of rotatable bonds is 4. The number of H-pyrrole nitrogens is 1. The van der Waals surface area contributed by atoms with E-state index in [0.29, 0.717) is 0 Å². The second-order valence-corrected chi connectivity index (χ2v) is 4.93. The summed E-state index contributed by atoms with van der Waals surface area (Å²) in [7, 11) is 0. The molecule has 1 aliphatic rings. The molecule has 0 spiro atoms. The van der Waals surface area contributed by atoms with Crippen LogP contribution in [0.4, 0.5) is 17.6 Å². The first-order valence-corrected chi connectivity index (χ1v) is 7.07. The van der Waals surface area contributed by atoms with Crippen LogP contribution < -0.4 is 4.74 Å². The minimum absolute atomic E-state index is 0.119. The molecular weight excluding hydrogens is 336 g/mol. The lowest BCUT2D eigenvalue weighted by Gasteiger charge is -2.14. The quantitative estimate of drug-likeness (QED) is 0.507. The van der Waals surface area contributed by atoms with Gasteiger partial charge >= 0.3 is 0 Å². The van der Waals surface area contributed by atoms with E-state index in [1.54, 1.807) is 6.07 Å². The molecule has 25 heavy (non-hydrogen) atoms. The van der Waals surface area contributed by atoms with Crippen LogP contribution in [0.1, 0.15) is 11.3 Å². The van der Waals surface area contributed by atoms with Crippen LogP contribution >= 0.6 is 0 Å². The normalized spacial score (nSPS) is 14.7. The molecule has 1 aromatic carbocycles. The number of aromatic nitrogens is 1. The Hall–Kier alpha value is -3.27. The van der Waals surface area contributed by atoms with Crippen molar-refractivity contribution in [3.8, 4) is 18.1 Å². The van der Waals surface area contributed by atoms with Crippen molar-refractivity contribution in [1.29, 1.82) is 0 Å². The average molecular weight is 346 g/mol. The monoisotopic (exact) mass is 346 g/mol. The molecule has 0 aliphatic carbocycles. The van der Waals surface area contributed by atoms with Crippen molar-refractivity contribution in [2.45, 2.75) is 0 Å². The Balaban J connectivity index is 2.29. The Bertz CT molecular complexity index is 907. The number of benzene rings is 1. The molecule has 0 saturated heterocycles. The number of allylic oxidation sites excluding steroid dienone is 2. The van der Waals surface area contributed by atoms with Gasteiger partial charge in [0.25, 0.3) is 0 Å². The molecule has 0 saturated carbocycles. The largest absolute Gasteiger partial charge is 0.475 e. The van der Waals surface area contributed by atoms with Crippen LogP contribution in [0.25, 0.3) is 5.57 Å². The smallest absolute Gasteiger partial charge is 0.204 e. The molecule has 1 N–H and O–H groups in total. The number of terminal acetylenes is 1. The lowest BCUT2D eigenvalue weighted by atomic mass is 9.98. The van der Waals surface area contributed by atoms with E-state index in [1.807, 2.05) is 5.92 Å². The van der Waals surface area contributed by atoms with Crippen LogP contribution in [0.3, 0.4) is 0 Å². The van der Waals surface area contributed by atoms with E-state index in [1.165, 1.54) is 30.6 Å². The fourth-order valence-electron chi connectivity index (χ4n) is 2.41. The van der Waals surface area contributed by atoms with E-state index < -0.39 is 41.2 Å². The van der Waals surface area contributed by atoms with E-state index in [-0.39, 0.29) is 17.0 Å². The van der Waals surface area contributed by atoms with E-state index in [2.05, 4.69) is 14.7 Å². The molecule has 0 bridgehead atoms. The van der Waals surface area contributed by atoms with Crippen LogP contribution in [0.5, 0.6) is 5.75 Å². The Kier molecular flexibility index (Phi) is 4.44. The molecule has 1 aromatic heterocycles. The van der Waals surface area contributed by atoms with Gasteiger partial charge in [0.1, 0.15) is 6.61 Å². The van der Waals surface area contributed by atoms with Crippen molar-refractivity contribution in [2.24, 2.45) is 4.99 Å². The van der Waals surface area contributed by atoms with Crippen molar-refractivity contribution in [3.63, 3.8) is 0 Å². The number of aromatic amines is 1. The molecule has 1 aliphatic heterocycles. The third-order valence-electron chi connectivity index (χ3n) is 3.45. The van der Waals surface area contributed by atoms with Crippen LogP contribution in [0, 0.1) is 35.6 Å². The Morgan fingerprint density at radius 3 is 2.40 bits per heavy atom. The lowest BCUT2D eigenvalue weighted by molar-refractivity contribution is 0.305. The van der Waals surface area contributed by atoms with E-state index in [9.17, 15) is 17.6 Å². The summed E-state index contributed by atoms with van der Waals surface area (Å²) in [6, 6.07) is 3.08. The maximum absolute atomic E-state index is 14.6. The summed E-state index contributed by atoms with van der Waals surface area (Å²) in [5.41, 5.74) is -0.612. The Morgan fingerprint density at radius 2 is 1.88 bits per heavy atom. The van der Waals surface area contributed by atoms with Crippen LogP contribution in [0.15, 0.2) is 41.2 Å². The minimum Gasteiger partial charge on any atom is -0.475 e. The number of hydrogen-bond donors (Lipinski definition) is 1. The van der Waals surface area contributed by atoms with E-state index in [4.69, 9.17) is 6.42 Å². The first-order chi connectivity index (χ1) is 12.1. The third-order valence-corrected chi connectivity index (χ3v) is 3.45. The van der Waals surface area contributed by atoms with Crippen molar-refractivity contribution in [2.75, 3.05) is 6.61 Å². The van der Waals surface area contributed by atoms with Crippen molar-refractivity contribution in [1.82, 2.24) is 4.98 Å². The second kappa shape index (κ2) is 6.69. The predicted molar refractivity (Wildman–Crippen MR) is 85.0 cm³/mol. The van der Waals surface area contributed by atoms with Gasteiger partial charge < -0.3 is 9.72 Å². The zero-order valence-electron chi connectivity index (χ0n) is 12.6. The Labute approximate surface area is 140 Å². The number of ether oxygens (including phenoxy) is 1. The van der Waals surface area contributed by atoms with Gasteiger partial charge in [0.15, 0.2) is 17.4 Å². The summed E-state index contributed by atoms with van der Waals surface area (Å²) < 4.78 is 62.3. The predicted octanol–water partition coefficient (Wildman–Crippen LogP) is 3.98. The standard InChI is InChI=1S/C18H10F4N2O/c1-2-9-25-18-16(21)14(19)13(15(20)17(18)22)12(10-5-3-7-23-10)11-6-4-8-24-11/h1,3-8,23H,9H2/b12-11+. The minimum atomic E-state index is -1.67. The van der Waals surface area contributed by atoms with Gasteiger partial charge in [-0.2, -0.15) is 8.78 Å². The fraction of sp³-hybridized carbons (Fsp3) is 0.0556. The zero-order valence-corrected chi connectivity index (χ0v) is 12.6. The Morgan fingerprint density at radius 1 is 1.16 bits per heavy atom. The molecule has 0 unspecified atom stereocenters. The van der Waals surface area contributed by atoms with E-state index >= 15 is 0 Å². The summed E-state index contributed by atoms with van der Waals surface area (Å²) in [5.74, 6) is -5.76. The number of aliphatic imine (C=N–C) groups is 1. The third kappa shape index (κ3) is 2.83. The fourth-order valence-corrected chi connectivity index (χ4v) is 2.41. The van der Waals surface area contributed by atoms with Crippen molar-refractivity contribution in [3.05, 3.63) is 70.7 Å². The number of halogens is 4. The highest BCUT2D eigenvalue weighted by Crippen LogP contribution is 2.38. The van der Waals surface area contributed by atoms with Gasteiger partial charge in [-0.3, -0.25) is 4.99 Å². The molecule has 3 rings (SSSR count). The maximum Gasteiger partial charge on any atom is 0.204 e. The molecule has 0 atom stereocenters.